The SMILES string of the molecule is Nc1nnc(-c2cccc(-n3cc(CF)nn3)c2)s1. The van der Waals surface area contributed by atoms with E-state index in [1.165, 1.54) is 16.0 Å². The van der Waals surface area contributed by atoms with Crippen LogP contribution in [0.4, 0.5) is 9.52 Å². The molecule has 0 unspecified atom stereocenters. The van der Waals surface area contributed by atoms with Crippen LogP contribution in [-0.2, 0) is 6.67 Å². The molecule has 0 aliphatic heterocycles. The molecule has 0 spiro atoms. The number of nitrogens with zero attached hydrogens (tertiary/aromatic N) is 5. The van der Waals surface area contributed by atoms with E-state index in [2.05, 4.69) is 20.5 Å². The Hall–Kier alpha value is -2.35. The molecule has 8 heteroatoms. The number of halogens is 1. The van der Waals surface area contributed by atoms with E-state index in [-0.39, 0.29) is 0 Å². The Morgan fingerprint density at radius 1 is 1.26 bits per heavy atom. The van der Waals surface area contributed by atoms with Gasteiger partial charge in [0.1, 0.15) is 17.4 Å². The number of alkyl halides is 1. The first kappa shape index (κ1) is 11.7. The molecule has 0 aliphatic rings. The van der Waals surface area contributed by atoms with Gasteiger partial charge in [0.2, 0.25) is 5.13 Å². The van der Waals surface area contributed by atoms with Crippen LogP contribution in [0, 0.1) is 0 Å². The lowest BCUT2D eigenvalue weighted by molar-refractivity contribution is 0.475. The van der Waals surface area contributed by atoms with E-state index >= 15 is 0 Å². The monoisotopic (exact) mass is 276 g/mol. The molecule has 2 heterocycles. The lowest BCUT2D eigenvalue weighted by Crippen LogP contribution is -1.94. The van der Waals surface area contributed by atoms with Gasteiger partial charge in [-0.15, -0.1) is 15.3 Å². The van der Waals surface area contributed by atoms with Crippen LogP contribution in [0.25, 0.3) is 16.3 Å². The Balaban J connectivity index is 2.00. The van der Waals surface area contributed by atoms with Gasteiger partial charge in [0.05, 0.1) is 11.9 Å². The largest absolute Gasteiger partial charge is 0.374 e. The molecule has 6 nitrogen and oxygen atoms in total. The maximum atomic E-state index is 12.5. The van der Waals surface area contributed by atoms with Crippen LogP contribution in [0.15, 0.2) is 30.5 Å². The number of anilines is 1. The van der Waals surface area contributed by atoms with E-state index in [1.54, 1.807) is 6.20 Å². The zero-order valence-corrected chi connectivity index (χ0v) is 10.5. The smallest absolute Gasteiger partial charge is 0.203 e. The first-order valence-electron chi connectivity index (χ1n) is 5.43. The average molecular weight is 276 g/mol. The molecule has 0 saturated carbocycles. The molecule has 0 radical (unpaired) electrons. The maximum absolute atomic E-state index is 12.5. The fourth-order valence-corrected chi connectivity index (χ4v) is 2.22. The first-order chi connectivity index (χ1) is 9.26. The summed E-state index contributed by atoms with van der Waals surface area (Å²) in [6.07, 6.45) is 1.55. The highest BCUT2D eigenvalue weighted by atomic mass is 32.1. The number of hydrogen-bond acceptors (Lipinski definition) is 6. The summed E-state index contributed by atoms with van der Waals surface area (Å²) in [5, 5.41) is 16.5. The third-order valence-electron chi connectivity index (χ3n) is 2.48. The predicted molar refractivity (Wildman–Crippen MR) is 69.5 cm³/mol. The molecule has 0 fully saturated rings. The lowest BCUT2D eigenvalue weighted by Gasteiger charge is -2.01. The van der Waals surface area contributed by atoms with Gasteiger partial charge in [-0.2, -0.15) is 0 Å². The van der Waals surface area contributed by atoms with Gasteiger partial charge in [-0.05, 0) is 12.1 Å². The van der Waals surface area contributed by atoms with E-state index in [4.69, 9.17) is 5.73 Å². The summed E-state index contributed by atoms with van der Waals surface area (Å²) in [7, 11) is 0. The van der Waals surface area contributed by atoms with E-state index in [9.17, 15) is 4.39 Å². The predicted octanol–water partition coefficient (Wildman–Crippen LogP) is 1.84. The standard InChI is InChI=1S/C11H9FN6S/c12-5-8-6-18(17-14-8)9-3-1-2-7(4-9)10-15-16-11(13)19-10/h1-4,6H,5H2,(H2,13,16). The average Bonchev–Trinajstić information content (AvgIpc) is 3.07. The molecule has 2 N–H and O–H groups in total. The van der Waals surface area contributed by atoms with Crippen molar-refractivity contribution in [1.82, 2.24) is 25.2 Å². The second-order valence-electron chi connectivity index (χ2n) is 3.78. The van der Waals surface area contributed by atoms with Gasteiger partial charge in [-0.1, -0.05) is 28.7 Å². The fourth-order valence-electron chi connectivity index (χ4n) is 1.62. The van der Waals surface area contributed by atoms with Gasteiger partial charge in [0, 0.05) is 5.56 Å². The van der Waals surface area contributed by atoms with Crippen molar-refractivity contribution in [2.75, 3.05) is 5.73 Å². The highest BCUT2D eigenvalue weighted by Gasteiger charge is 2.07. The van der Waals surface area contributed by atoms with E-state index in [1.807, 2.05) is 24.3 Å². The fraction of sp³-hybridized carbons (Fsp3) is 0.0909. The van der Waals surface area contributed by atoms with Crippen LogP contribution in [0.2, 0.25) is 0 Å². The second-order valence-corrected chi connectivity index (χ2v) is 4.79. The number of hydrogen-bond donors (Lipinski definition) is 1. The van der Waals surface area contributed by atoms with Crippen LogP contribution in [0.1, 0.15) is 5.69 Å². The summed E-state index contributed by atoms with van der Waals surface area (Å²) in [6.45, 7) is -0.632. The van der Waals surface area contributed by atoms with Crippen LogP contribution in [0.5, 0.6) is 0 Å². The Kier molecular flexibility index (Phi) is 2.92. The van der Waals surface area contributed by atoms with Gasteiger partial charge >= 0.3 is 0 Å². The van der Waals surface area contributed by atoms with Gasteiger partial charge < -0.3 is 5.73 Å². The quantitative estimate of drug-likeness (QED) is 0.789. The number of aromatic nitrogens is 5. The molecule has 0 atom stereocenters. The molecular weight excluding hydrogens is 267 g/mol. The zero-order chi connectivity index (χ0) is 13.2. The zero-order valence-electron chi connectivity index (χ0n) is 9.69. The summed E-state index contributed by atoms with van der Waals surface area (Å²) in [4.78, 5) is 0. The third kappa shape index (κ3) is 2.29. The lowest BCUT2D eigenvalue weighted by atomic mass is 10.2. The normalized spacial score (nSPS) is 10.8. The number of rotatable bonds is 3. The van der Waals surface area contributed by atoms with Crippen LogP contribution >= 0.6 is 11.3 Å². The summed E-state index contributed by atoms with van der Waals surface area (Å²) in [6, 6.07) is 7.48. The molecule has 3 rings (SSSR count). The molecule has 1 aromatic carbocycles. The van der Waals surface area contributed by atoms with Crippen molar-refractivity contribution in [2.45, 2.75) is 6.67 Å². The molecule has 2 aromatic heterocycles. The van der Waals surface area contributed by atoms with Gasteiger partial charge in [-0.3, -0.25) is 0 Å². The molecule has 0 bridgehead atoms. The highest BCUT2D eigenvalue weighted by Crippen LogP contribution is 2.26. The minimum absolute atomic E-state index is 0.297. The Morgan fingerprint density at radius 2 is 2.16 bits per heavy atom. The number of nitrogen functional groups attached to an aromatic ring is 1. The summed E-state index contributed by atoms with van der Waals surface area (Å²) in [5.74, 6) is 0. The third-order valence-corrected chi connectivity index (χ3v) is 3.28. The molecular formula is C11H9FN6S. The minimum atomic E-state index is -0.632. The molecule has 19 heavy (non-hydrogen) atoms. The van der Waals surface area contributed by atoms with Crippen molar-refractivity contribution >= 4 is 16.5 Å². The van der Waals surface area contributed by atoms with Gasteiger partial charge in [-0.25, -0.2) is 9.07 Å². The molecule has 0 amide bonds. The first-order valence-corrected chi connectivity index (χ1v) is 6.25. The topological polar surface area (TPSA) is 82.5 Å². The van der Waals surface area contributed by atoms with Gasteiger partial charge in [0.15, 0.2) is 0 Å². The van der Waals surface area contributed by atoms with E-state index < -0.39 is 6.67 Å². The van der Waals surface area contributed by atoms with Crippen LogP contribution < -0.4 is 5.73 Å². The van der Waals surface area contributed by atoms with Crippen LogP contribution in [0.3, 0.4) is 0 Å². The Labute approximate surface area is 111 Å². The second kappa shape index (κ2) is 4.73. The van der Waals surface area contributed by atoms with Crippen molar-refractivity contribution in [1.29, 1.82) is 0 Å². The summed E-state index contributed by atoms with van der Waals surface area (Å²) in [5.41, 5.74) is 7.51. The van der Waals surface area contributed by atoms with E-state index in [0.29, 0.717) is 10.8 Å². The highest BCUT2D eigenvalue weighted by molar-refractivity contribution is 7.18. The summed E-state index contributed by atoms with van der Waals surface area (Å²) < 4.78 is 14.0. The van der Waals surface area contributed by atoms with Crippen molar-refractivity contribution in [3.05, 3.63) is 36.2 Å². The van der Waals surface area contributed by atoms with Crippen LogP contribution in [-0.4, -0.2) is 25.2 Å². The van der Waals surface area contributed by atoms with Gasteiger partial charge in [0.25, 0.3) is 0 Å². The Morgan fingerprint density at radius 3 is 2.84 bits per heavy atom. The van der Waals surface area contributed by atoms with Crippen molar-refractivity contribution in [3.63, 3.8) is 0 Å². The number of nitrogens with two attached hydrogens (primary N) is 1. The molecule has 96 valence electrons. The van der Waals surface area contributed by atoms with Crippen molar-refractivity contribution in [3.8, 4) is 16.3 Å². The number of benzene rings is 1. The van der Waals surface area contributed by atoms with E-state index in [0.717, 1.165) is 16.3 Å². The molecule has 0 aliphatic carbocycles. The van der Waals surface area contributed by atoms with Crippen molar-refractivity contribution < 1.29 is 4.39 Å². The summed E-state index contributed by atoms with van der Waals surface area (Å²) >= 11 is 1.30. The molecule has 0 saturated heterocycles. The molecule has 3 aromatic rings. The minimum Gasteiger partial charge on any atom is -0.374 e. The van der Waals surface area contributed by atoms with Crippen molar-refractivity contribution in [2.24, 2.45) is 0 Å². The Bertz CT molecular complexity index is 707. The maximum Gasteiger partial charge on any atom is 0.203 e.